The Balaban J connectivity index is 1.52. The van der Waals surface area contributed by atoms with E-state index in [0.717, 1.165) is 22.4 Å². The first-order valence-electron chi connectivity index (χ1n) is 9.64. The summed E-state index contributed by atoms with van der Waals surface area (Å²) in [5.41, 5.74) is 9.05. The highest BCUT2D eigenvalue weighted by molar-refractivity contribution is 6.05. The molecule has 1 fully saturated rings. The molecule has 3 heterocycles. The summed E-state index contributed by atoms with van der Waals surface area (Å²) in [7, 11) is 0. The quantitative estimate of drug-likeness (QED) is 0.581. The molecule has 2 aliphatic heterocycles. The summed E-state index contributed by atoms with van der Waals surface area (Å²) in [5, 5.41) is 5.27. The number of primary amides is 1. The lowest BCUT2D eigenvalue weighted by molar-refractivity contribution is -0.137. The van der Waals surface area contributed by atoms with Crippen molar-refractivity contribution in [1.29, 1.82) is 0 Å². The third-order valence-corrected chi connectivity index (χ3v) is 5.27. The molecule has 4 N–H and O–H groups in total. The van der Waals surface area contributed by atoms with Crippen molar-refractivity contribution in [3.05, 3.63) is 53.2 Å². The van der Waals surface area contributed by atoms with Gasteiger partial charge in [0.2, 0.25) is 17.7 Å². The fourth-order valence-corrected chi connectivity index (χ4v) is 3.81. The average Bonchev–Trinajstić information content (AvgIpc) is 3.04. The first-order chi connectivity index (χ1) is 14.4. The third-order valence-electron chi connectivity index (χ3n) is 5.27. The van der Waals surface area contributed by atoms with Gasteiger partial charge >= 0.3 is 0 Å². The second-order valence-electron chi connectivity index (χ2n) is 7.39. The molecule has 9 nitrogen and oxygen atoms in total. The molecule has 2 aromatic rings. The average molecular weight is 407 g/mol. The van der Waals surface area contributed by atoms with Crippen LogP contribution in [0, 0.1) is 0 Å². The Bertz CT molecular complexity index is 1050. The lowest BCUT2D eigenvalue weighted by atomic mass is 10.0. The number of rotatable bonds is 6. The molecule has 0 spiro atoms. The van der Waals surface area contributed by atoms with Gasteiger partial charge in [-0.15, -0.1) is 0 Å². The van der Waals surface area contributed by atoms with Crippen LogP contribution in [-0.4, -0.2) is 46.1 Å². The summed E-state index contributed by atoms with van der Waals surface area (Å²) >= 11 is 0. The predicted molar refractivity (Wildman–Crippen MR) is 107 cm³/mol. The van der Waals surface area contributed by atoms with Gasteiger partial charge in [-0.1, -0.05) is 6.07 Å². The Kier molecular flexibility index (Phi) is 5.28. The number of hydrogen-bond acceptors (Lipinski definition) is 6. The number of hydrogen-bond donors (Lipinski definition) is 3. The zero-order chi connectivity index (χ0) is 21.3. The Hall–Kier alpha value is -3.59. The lowest BCUT2D eigenvalue weighted by Crippen LogP contribution is -2.52. The largest absolute Gasteiger partial charge is 0.369 e. The van der Waals surface area contributed by atoms with Crippen molar-refractivity contribution < 1.29 is 19.2 Å². The van der Waals surface area contributed by atoms with Crippen LogP contribution in [0.4, 0.5) is 0 Å². The Labute approximate surface area is 172 Å². The van der Waals surface area contributed by atoms with Crippen molar-refractivity contribution in [3.63, 3.8) is 0 Å². The number of amides is 4. The monoisotopic (exact) mass is 407 g/mol. The lowest BCUT2D eigenvalue weighted by Gasteiger charge is -2.29. The maximum atomic E-state index is 12.8. The number of piperidine rings is 1. The van der Waals surface area contributed by atoms with Crippen molar-refractivity contribution in [2.75, 3.05) is 6.54 Å². The van der Waals surface area contributed by atoms with E-state index in [1.807, 2.05) is 24.3 Å². The number of nitrogens with one attached hydrogen (secondary N) is 2. The van der Waals surface area contributed by atoms with Crippen LogP contribution in [0.25, 0.3) is 11.3 Å². The van der Waals surface area contributed by atoms with Crippen LogP contribution >= 0.6 is 0 Å². The maximum absolute atomic E-state index is 12.8. The minimum Gasteiger partial charge on any atom is -0.369 e. The molecule has 0 saturated carbocycles. The fourth-order valence-electron chi connectivity index (χ4n) is 3.81. The molecule has 0 bridgehead atoms. The number of imide groups is 1. The topological polar surface area (TPSA) is 134 Å². The maximum Gasteiger partial charge on any atom is 0.255 e. The number of nitrogens with zero attached hydrogens (tertiary/aromatic N) is 2. The highest BCUT2D eigenvalue weighted by atomic mass is 16.2. The second-order valence-corrected chi connectivity index (χ2v) is 7.39. The van der Waals surface area contributed by atoms with Gasteiger partial charge in [0.15, 0.2) is 0 Å². The van der Waals surface area contributed by atoms with Gasteiger partial charge in [-0.3, -0.25) is 29.5 Å². The number of carbonyl (C=O) groups excluding carboxylic acids is 4. The van der Waals surface area contributed by atoms with Crippen LogP contribution in [0.1, 0.15) is 34.3 Å². The van der Waals surface area contributed by atoms with E-state index in [1.54, 1.807) is 12.3 Å². The summed E-state index contributed by atoms with van der Waals surface area (Å²) in [6.07, 6.45) is 2.24. The number of pyridine rings is 1. The standard InChI is InChI=1S/C21H21N5O4/c22-18(27)10-23-9-12-5-6-24-16(7-12)13-1-2-15-14(8-13)11-26(21(15)30)17-3-4-19(28)25-20(17)29/h1-2,5-8,17,23H,3-4,9-11H2,(H2,22,27)(H,25,28,29). The minimum atomic E-state index is -0.635. The molecular formula is C21H21N5O4. The van der Waals surface area contributed by atoms with E-state index in [0.29, 0.717) is 25.1 Å². The second kappa shape index (κ2) is 8.03. The van der Waals surface area contributed by atoms with E-state index in [4.69, 9.17) is 5.73 Å². The van der Waals surface area contributed by atoms with Gasteiger partial charge < -0.3 is 16.0 Å². The first kappa shape index (κ1) is 19.7. The molecule has 1 aromatic heterocycles. The summed E-state index contributed by atoms with van der Waals surface area (Å²) in [6, 6.07) is 8.60. The number of benzene rings is 1. The SMILES string of the molecule is NC(=O)CNCc1ccnc(-c2ccc3c(c2)CN(C2CCC(=O)NC2=O)C3=O)c1. The van der Waals surface area contributed by atoms with Gasteiger partial charge in [0, 0.05) is 36.8 Å². The predicted octanol–water partition coefficient (Wildman–Crippen LogP) is 0.0845. The van der Waals surface area contributed by atoms with E-state index in [9.17, 15) is 19.2 Å². The third kappa shape index (κ3) is 3.92. The Morgan fingerprint density at radius 2 is 2.07 bits per heavy atom. The van der Waals surface area contributed by atoms with Crippen molar-refractivity contribution in [3.8, 4) is 11.3 Å². The molecule has 154 valence electrons. The highest BCUT2D eigenvalue weighted by Crippen LogP contribution is 2.30. The summed E-state index contributed by atoms with van der Waals surface area (Å²) in [6.45, 7) is 0.883. The summed E-state index contributed by atoms with van der Waals surface area (Å²) < 4.78 is 0. The van der Waals surface area contributed by atoms with Gasteiger partial charge in [0.05, 0.1) is 12.2 Å². The summed E-state index contributed by atoms with van der Waals surface area (Å²) in [5.74, 6) is -1.36. The molecule has 1 atom stereocenters. The van der Waals surface area contributed by atoms with E-state index >= 15 is 0 Å². The zero-order valence-corrected chi connectivity index (χ0v) is 16.2. The zero-order valence-electron chi connectivity index (χ0n) is 16.2. The van der Waals surface area contributed by atoms with Crippen molar-refractivity contribution in [1.82, 2.24) is 20.5 Å². The van der Waals surface area contributed by atoms with Gasteiger partial charge in [-0.05, 0) is 41.8 Å². The molecule has 9 heteroatoms. The van der Waals surface area contributed by atoms with E-state index in [-0.39, 0.29) is 24.8 Å². The van der Waals surface area contributed by atoms with E-state index < -0.39 is 17.9 Å². The number of carbonyl (C=O) groups is 4. The Morgan fingerprint density at radius 3 is 2.83 bits per heavy atom. The van der Waals surface area contributed by atoms with Crippen LogP contribution in [0.5, 0.6) is 0 Å². The van der Waals surface area contributed by atoms with Gasteiger partial charge in [-0.25, -0.2) is 0 Å². The van der Waals surface area contributed by atoms with Crippen LogP contribution in [0.2, 0.25) is 0 Å². The molecule has 30 heavy (non-hydrogen) atoms. The molecule has 4 amide bonds. The van der Waals surface area contributed by atoms with E-state index in [1.165, 1.54) is 4.90 Å². The minimum absolute atomic E-state index is 0.0921. The van der Waals surface area contributed by atoms with Crippen molar-refractivity contribution in [2.24, 2.45) is 5.73 Å². The smallest absolute Gasteiger partial charge is 0.255 e. The number of aromatic nitrogens is 1. The normalized spacial score (nSPS) is 18.3. The molecule has 1 unspecified atom stereocenters. The van der Waals surface area contributed by atoms with E-state index in [2.05, 4.69) is 15.6 Å². The molecule has 1 aromatic carbocycles. The first-order valence-corrected chi connectivity index (χ1v) is 9.64. The number of nitrogens with two attached hydrogens (primary N) is 1. The fraction of sp³-hybridized carbons (Fsp3) is 0.286. The van der Waals surface area contributed by atoms with Crippen LogP contribution in [-0.2, 0) is 27.5 Å². The molecule has 2 aliphatic rings. The molecule has 0 aliphatic carbocycles. The van der Waals surface area contributed by atoms with Gasteiger partial charge in [0.1, 0.15) is 6.04 Å². The van der Waals surface area contributed by atoms with Crippen LogP contribution in [0.3, 0.4) is 0 Å². The number of fused-ring (bicyclic) bond motifs is 1. The van der Waals surface area contributed by atoms with Gasteiger partial charge in [-0.2, -0.15) is 0 Å². The molecule has 1 saturated heterocycles. The van der Waals surface area contributed by atoms with Crippen LogP contribution < -0.4 is 16.4 Å². The summed E-state index contributed by atoms with van der Waals surface area (Å²) in [4.78, 5) is 53.2. The Morgan fingerprint density at radius 1 is 1.23 bits per heavy atom. The van der Waals surface area contributed by atoms with Gasteiger partial charge in [0.25, 0.3) is 5.91 Å². The van der Waals surface area contributed by atoms with Crippen molar-refractivity contribution >= 4 is 23.6 Å². The molecule has 0 radical (unpaired) electrons. The van der Waals surface area contributed by atoms with Crippen molar-refractivity contribution in [2.45, 2.75) is 32.0 Å². The highest BCUT2D eigenvalue weighted by Gasteiger charge is 2.39. The van der Waals surface area contributed by atoms with Crippen LogP contribution in [0.15, 0.2) is 36.5 Å². The molecular weight excluding hydrogens is 386 g/mol. The molecule has 4 rings (SSSR count).